The van der Waals surface area contributed by atoms with E-state index in [2.05, 4.69) is 17.2 Å². The van der Waals surface area contributed by atoms with Crippen molar-refractivity contribution >= 4 is 11.6 Å². The molecule has 0 aliphatic heterocycles. The summed E-state index contributed by atoms with van der Waals surface area (Å²) in [4.78, 5) is 11.4. The van der Waals surface area contributed by atoms with Crippen LogP contribution in [0.4, 0.5) is 10.1 Å². The Morgan fingerprint density at radius 3 is 2.94 bits per heavy atom. The van der Waals surface area contributed by atoms with Gasteiger partial charge in [0.1, 0.15) is 5.82 Å². The number of anilines is 1. The van der Waals surface area contributed by atoms with E-state index < -0.39 is 5.82 Å². The molecule has 0 saturated carbocycles. The lowest BCUT2D eigenvalue weighted by molar-refractivity contribution is -0.115. The summed E-state index contributed by atoms with van der Waals surface area (Å²) in [6.07, 6.45) is 1.62. The summed E-state index contributed by atoms with van der Waals surface area (Å²) < 4.78 is 13.4. The summed E-state index contributed by atoms with van der Waals surface area (Å²) >= 11 is 0. The largest absolute Gasteiger partial charge is 0.322 e. The summed E-state index contributed by atoms with van der Waals surface area (Å²) in [7, 11) is 0. The van der Waals surface area contributed by atoms with Crippen molar-refractivity contribution in [2.45, 2.75) is 0 Å². The Bertz CT molecular complexity index is 465. The molecule has 88 valence electrons. The molecule has 0 aliphatic carbocycles. The fraction of sp³-hybridized carbons (Fsp3) is 0.167. The molecule has 0 spiro atoms. The molecule has 0 bridgehead atoms. The Morgan fingerprint density at radius 2 is 2.35 bits per heavy atom. The second kappa shape index (κ2) is 6.40. The van der Waals surface area contributed by atoms with Gasteiger partial charge in [0.05, 0.1) is 23.9 Å². The molecule has 0 atom stereocenters. The van der Waals surface area contributed by atoms with Gasteiger partial charge in [-0.3, -0.25) is 4.79 Å². The minimum Gasteiger partial charge on any atom is -0.322 e. The number of hydrogen-bond donors (Lipinski definition) is 2. The fourth-order valence-corrected chi connectivity index (χ4v) is 1.17. The third-order valence-corrected chi connectivity index (χ3v) is 1.95. The molecule has 0 aromatic heterocycles. The van der Waals surface area contributed by atoms with E-state index in [0.717, 1.165) is 6.07 Å². The monoisotopic (exact) mass is 233 g/mol. The quantitative estimate of drug-likeness (QED) is 0.597. The maximum absolute atomic E-state index is 13.4. The van der Waals surface area contributed by atoms with E-state index >= 15 is 0 Å². The van der Waals surface area contributed by atoms with Gasteiger partial charge in [-0.1, -0.05) is 6.08 Å². The average molecular weight is 233 g/mol. The molecular formula is C12H12FN3O. The molecule has 1 amide bonds. The highest BCUT2D eigenvalue weighted by Gasteiger charge is 2.06. The van der Waals surface area contributed by atoms with Crippen LogP contribution in [0.3, 0.4) is 0 Å². The molecule has 0 unspecified atom stereocenters. The third-order valence-electron chi connectivity index (χ3n) is 1.95. The molecule has 0 aliphatic rings. The summed E-state index contributed by atoms with van der Waals surface area (Å²) in [5, 5.41) is 13.7. The molecule has 17 heavy (non-hydrogen) atoms. The second-order valence-corrected chi connectivity index (χ2v) is 3.27. The molecule has 1 rings (SSSR count). The van der Waals surface area contributed by atoms with E-state index in [1.165, 1.54) is 12.1 Å². The average Bonchev–Trinajstić information content (AvgIpc) is 2.32. The van der Waals surface area contributed by atoms with Crippen molar-refractivity contribution in [2.75, 3.05) is 18.4 Å². The van der Waals surface area contributed by atoms with Crippen LogP contribution in [-0.2, 0) is 4.79 Å². The lowest BCUT2D eigenvalue weighted by atomic mass is 10.2. The van der Waals surface area contributed by atoms with Crippen molar-refractivity contribution in [1.29, 1.82) is 5.26 Å². The number of carbonyl (C=O) groups is 1. The lowest BCUT2D eigenvalue weighted by Crippen LogP contribution is -2.28. The zero-order valence-corrected chi connectivity index (χ0v) is 9.16. The van der Waals surface area contributed by atoms with Crippen LogP contribution in [0.2, 0.25) is 0 Å². The normalized spacial score (nSPS) is 9.41. The van der Waals surface area contributed by atoms with Gasteiger partial charge >= 0.3 is 0 Å². The van der Waals surface area contributed by atoms with Gasteiger partial charge < -0.3 is 10.6 Å². The summed E-state index contributed by atoms with van der Waals surface area (Å²) in [5.74, 6) is -0.975. The number of rotatable bonds is 5. The molecule has 5 heteroatoms. The molecule has 0 saturated heterocycles. The van der Waals surface area contributed by atoms with Gasteiger partial charge in [-0.05, 0) is 18.2 Å². The highest BCUT2D eigenvalue weighted by Crippen LogP contribution is 2.14. The standard InChI is InChI=1S/C12H12FN3O/c1-2-5-15-8-12(17)16-11-4-3-9(7-14)6-10(11)13/h2-4,6,15H,1,5,8H2,(H,16,17). The van der Waals surface area contributed by atoms with E-state index in [1.807, 2.05) is 6.07 Å². The van der Waals surface area contributed by atoms with Gasteiger partial charge in [0.15, 0.2) is 0 Å². The maximum atomic E-state index is 13.4. The summed E-state index contributed by atoms with van der Waals surface area (Å²) in [6, 6.07) is 5.69. The first-order chi connectivity index (χ1) is 8.17. The molecule has 2 N–H and O–H groups in total. The van der Waals surface area contributed by atoms with Crippen LogP contribution < -0.4 is 10.6 Å². The van der Waals surface area contributed by atoms with E-state index in [-0.39, 0.29) is 23.7 Å². The predicted molar refractivity (Wildman–Crippen MR) is 62.8 cm³/mol. The lowest BCUT2D eigenvalue weighted by Gasteiger charge is -2.06. The highest BCUT2D eigenvalue weighted by molar-refractivity contribution is 5.92. The smallest absolute Gasteiger partial charge is 0.238 e. The number of hydrogen-bond acceptors (Lipinski definition) is 3. The molecule has 0 fully saturated rings. The molecule has 4 nitrogen and oxygen atoms in total. The number of halogens is 1. The van der Waals surface area contributed by atoms with Gasteiger partial charge in [0.2, 0.25) is 5.91 Å². The van der Waals surface area contributed by atoms with Crippen molar-refractivity contribution in [2.24, 2.45) is 0 Å². The molecular weight excluding hydrogens is 221 g/mol. The minimum atomic E-state index is -0.624. The van der Waals surface area contributed by atoms with Crippen molar-refractivity contribution < 1.29 is 9.18 Å². The van der Waals surface area contributed by atoms with Crippen molar-refractivity contribution in [3.63, 3.8) is 0 Å². The van der Waals surface area contributed by atoms with Crippen molar-refractivity contribution in [1.82, 2.24) is 5.32 Å². The van der Waals surface area contributed by atoms with Crippen LogP contribution in [0.5, 0.6) is 0 Å². The van der Waals surface area contributed by atoms with Crippen LogP contribution in [-0.4, -0.2) is 19.0 Å². The number of nitrogens with one attached hydrogen (secondary N) is 2. The highest BCUT2D eigenvalue weighted by atomic mass is 19.1. The van der Waals surface area contributed by atoms with E-state index in [0.29, 0.717) is 6.54 Å². The first kappa shape index (κ1) is 12.9. The molecule has 1 aromatic rings. The molecule has 0 heterocycles. The zero-order chi connectivity index (χ0) is 12.7. The minimum absolute atomic E-state index is 0.0643. The van der Waals surface area contributed by atoms with Crippen LogP contribution in [0.1, 0.15) is 5.56 Å². The Balaban J connectivity index is 2.60. The summed E-state index contributed by atoms with van der Waals surface area (Å²) in [5.41, 5.74) is 0.277. The van der Waals surface area contributed by atoms with Gasteiger partial charge in [-0.2, -0.15) is 5.26 Å². The molecule has 0 radical (unpaired) electrons. The van der Waals surface area contributed by atoms with Crippen LogP contribution in [0.25, 0.3) is 0 Å². The van der Waals surface area contributed by atoms with Gasteiger partial charge in [0.25, 0.3) is 0 Å². The van der Waals surface area contributed by atoms with Crippen molar-refractivity contribution in [3.05, 3.63) is 42.2 Å². The number of nitrogens with zero attached hydrogens (tertiary/aromatic N) is 1. The number of benzene rings is 1. The zero-order valence-electron chi connectivity index (χ0n) is 9.16. The number of nitriles is 1. The van der Waals surface area contributed by atoms with E-state index in [9.17, 15) is 9.18 Å². The van der Waals surface area contributed by atoms with E-state index in [4.69, 9.17) is 5.26 Å². The number of carbonyl (C=O) groups excluding carboxylic acids is 1. The van der Waals surface area contributed by atoms with Gasteiger partial charge in [-0.25, -0.2) is 4.39 Å². The third kappa shape index (κ3) is 4.05. The Labute approximate surface area is 98.8 Å². The first-order valence-electron chi connectivity index (χ1n) is 4.98. The van der Waals surface area contributed by atoms with Crippen LogP contribution >= 0.6 is 0 Å². The maximum Gasteiger partial charge on any atom is 0.238 e. The summed E-state index contributed by atoms with van der Waals surface area (Å²) in [6.45, 7) is 4.07. The predicted octanol–water partition coefficient (Wildman–Crippen LogP) is 1.41. The first-order valence-corrected chi connectivity index (χ1v) is 4.98. The Morgan fingerprint density at radius 1 is 1.59 bits per heavy atom. The SMILES string of the molecule is C=CCNCC(=O)Nc1ccc(C#N)cc1F. The van der Waals surface area contributed by atoms with Crippen molar-refractivity contribution in [3.8, 4) is 6.07 Å². The van der Waals surface area contributed by atoms with Gasteiger partial charge in [-0.15, -0.1) is 6.58 Å². The van der Waals surface area contributed by atoms with Crippen LogP contribution in [0.15, 0.2) is 30.9 Å². The Kier molecular flexibility index (Phi) is 4.85. The topological polar surface area (TPSA) is 64.9 Å². The fourth-order valence-electron chi connectivity index (χ4n) is 1.17. The van der Waals surface area contributed by atoms with E-state index in [1.54, 1.807) is 6.08 Å². The second-order valence-electron chi connectivity index (χ2n) is 3.27. The Hall–Kier alpha value is -2.19. The number of amides is 1. The molecule has 1 aromatic carbocycles. The van der Waals surface area contributed by atoms with Crippen LogP contribution in [0, 0.1) is 17.1 Å². The van der Waals surface area contributed by atoms with Gasteiger partial charge in [0, 0.05) is 6.54 Å².